The Hall–Kier alpha value is -3.13. The number of benzene rings is 2. The molecule has 0 radical (unpaired) electrons. The van der Waals surface area contributed by atoms with Crippen LogP contribution in [0.2, 0.25) is 0 Å². The predicted molar refractivity (Wildman–Crippen MR) is 122 cm³/mol. The maximum Gasteiger partial charge on any atom is 0.252 e. The van der Waals surface area contributed by atoms with E-state index in [9.17, 15) is 14.0 Å². The third-order valence-electron chi connectivity index (χ3n) is 5.49. The molecule has 0 aliphatic carbocycles. The summed E-state index contributed by atoms with van der Waals surface area (Å²) in [6, 6.07) is 12.1. The minimum absolute atomic E-state index is 0.103. The Morgan fingerprint density at radius 3 is 2.66 bits per heavy atom. The van der Waals surface area contributed by atoms with Crippen molar-refractivity contribution >= 4 is 23.6 Å². The molecule has 1 saturated heterocycles. The molecule has 1 N–H and O–H groups in total. The van der Waals surface area contributed by atoms with Gasteiger partial charge in [-0.05, 0) is 49.6 Å². The van der Waals surface area contributed by atoms with Gasteiger partial charge >= 0.3 is 0 Å². The zero-order chi connectivity index (χ0) is 22.5. The Morgan fingerprint density at radius 1 is 1.16 bits per heavy atom. The van der Waals surface area contributed by atoms with E-state index in [1.165, 1.54) is 17.8 Å². The molecule has 1 aromatic heterocycles. The van der Waals surface area contributed by atoms with Crippen LogP contribution in [0.5, 0.6) is 0 Å². The molecule has 3 aromatic rings. The quantitative estimate of drug-likeness (QED) is 0.551. The number of amides is 2. The lowest BCUT2D eigenvalue weighted by Gasteiger charge is -2.15. The summed E-state index contributed by atoms with van der Waals surface area (Å²) in [4.78, 5) is 31.9. The standard InChI is InChI=1S/C24H25FN4O2S/c1-17-26-10-13-29(17)21-9-8-18(14-20(21)25)15-27-24(31)19-6-2-3-7-22(19)32-16-23(30)28-11-4-5-12-28/h2-3,6-10,13-14H,4-5,11-12,15-16H2,1H3,(H,27,31). The van der Waals surface area contributed by atoms with Crippen LogP contribution in [-0.4, -0.2) is 45.1 Å². The van der Waals surface area contributed by atoms with Crippen molar-refractivity contribution in [3.8, 4) is 5.69 Å². The molecule has 0 atom stereocenters. The fourth-order valence-corrected chi connectivity index (χ4v) is 4.70. The van der Waals surface area contributed by atoms with Gasteiger partial charge in [-0.1, -0.05) is 18.2 Å². The van der Waals surface area contributed by atoms with Gasteiger partial charge in [0.2, 0.25) is 5.91 Å². The number of likely N-dealkylation sites (tertiary alicyclic amines) is 1. The lowest BCUT2D eigenvalue weighted by molar-refractivity contribution is -0.127. The van der Waals surface area contributed by atoms with E-state index in [0.29, 0.717) is 28.4 Å². The summed E-state index contributed by atoms with van der Waals surface area (Å²) in [6.07, 6.45) is 5.44. The van der Waals surface area contributed by atoms with Gasteiger partial charge in [-0.25, -0.2) is 9.37 Å². The number of thioether (sulfide) groups is 1. The number of nitrogens with one attached hydrogen (secondary N) is 1. The monoisotopic (exact) mass is 452 g/mol. The molecule has 1 aliphatic rings. The number of rotatable bonds is 7. The second-order valence-corrected chi connectivity index (χ2v) is 8.70. The molecule has 166 valence electrons. The normalized spacial score (nSPS) is 13.4. The first-order valence-corrected chi connectivity index (χ1v) is 11.6. The first-order valence-electron chi connectivity index (χ1n) is 10.6. The summed E-state index contributed by atoms with van der Waals surface area (Å²) >= 11 is 1.38. The summed E-state index contributed by atoms with van der Waals surface area (Å²) in [5.41, 5.74) is 1.59. The highest BCUT2D eigenvalue weighted by Crippen LogP contribution is 2.24. The molecule has 2 amide bonds. The molecule has 32 heavy (non-hydrogen) atoms. The maximum atomic E-state index is 14.6. The van der Waals surface area contributed by atoms with Crippen LogP contribution in [0.3, 0.4) is 0 Å². The van der Waals surface area contributed by atoms with E-state index in [-0.39, 0.29) is 24.2 Å². The van der Waals surface area contributed by atoms with E-state index in [2.05, 4.69) is 10.3 Å². The van der Waals surface area contributed by atoms with Crippen LogP contribution in [0, 0.1) is 12.7 Å². The van der Waals surface area contributed by atoms with Gasteiger partial charge in [-0.2, -0.15) is 0 Å². The van der Waals surface area contributed by atoms with Crippen LogP contribution in [-0.2, 0) is 11.3 Å². The molecule has 0 spiro atoms. The van der Waals surface area contributed by atoms with Crippen molar-refractivity contribution in [2.24, 2.45) is 0 Å². The van der Waals surface area contributed by atoms with E-state index in [1.807, 2.05) is 24.0 Å². The number of imidazole rings is 1. The molecule has 0 unspecified atom stereocenters. The fraction of sp³-hybridized carbons (Fsp3) is 0.292. The summed E-state index contributed by atoms with van der Waals surface area (Å²) < 4.78 is 16.3. The lowest BCUT2D eigenvalue weighted by Crippen LogP contribution is -2.29. The van der Waals surface area contributed by atoms with Crippen LogP contribution in [0.4, 0.5) is 4.39 Å². The Bertz CT molecular complexity index is 1120. The molecule has 1 fully saturated rings. The minimum atomic E-state index is -0.380. The number of carbonyl (C=O) groups excluding carboxylic acids is 2. The van der Waals surface area contributed by atoms with Crippen molar-refractivity contribution in [3.05, 3.63) is 77.6 Å². The van der Waals surface area contributed by atoms with Crippen LogP contribution < -0.4 is 5.32 Å². The third-order valence-corrected chi connectivity index (χ3v) is 6.55. The second-order valence-electron chi connectivity index (χ2n) is 7.69. The largest absolute Gasteiger partial charge is 0.348 e. The van der Waals surface area contributed by atoms with Crippen LogP contribution in [0.1, 0.15) is 34.6 Å². The second kappa shape index (κ2) is 9.99. The molecule has 2 heterocycles. The molecular formula is C24H25FN4O2S. The van der Waals surface area contributed by atoms with Crippen molar-refractivity contribution in [3.63, 3.8) is 0 Å². The van der Waals surface area contributed by atoms with E-state index in [1.54, 1.807) is 41.2 Å². The number of hydrogen-bond donors (Lipinski definition) is 1. The van der Waals surface area contributed by atoms with Crippen LogP contribution in [0.15, 0.2) is 59.8 Å². The molecular weight excluding hydrogens is 427 g/mol. The molecule has 2 aromatic carbocycles. The van der Waals surface area contributed by atoms with Gasteiger partial charge < -0.3 is 14.8 Å². The third kappa shape index (κ3) is 5.02. The highest BCUT2D eigenvalue weighted by atomic mass is 32.2. The Morgan fingerprint density at radius 2 is 1.94 bits per heavy atom. The molecule has 8 heteroatoms. The number of aromatic nitrogens is 2. The van der Waals surface area contributed by atoms with Crippen molar-refractivity contribution in [2.45, 2.75) is 31.2 Å². The fourth-order valence-electron chi connectivity index (χ4n) is 3.74. The SMILES string of the molecule is Cc1nccn1-c1ccc(CNC(=O)c2ccccc2SCC(=O)N2CCCC2)cc1F. The van der Waals surface area contributed by atoms with Crippen LogP contribution in [0.25, 0.3) is 5.69 Å². The maximum absolute atomic E-state index is 14.6. The van der Waals surface area contributed by atoms with Gasteiger partial charge in [0.25, 0.3) is 5.91 Å². The van der Waals surface area contributed by atoms with Crippen molar-refractivity contribution in [1.82, 2.24) is 19.8 Å². The van der Waals surface area contributed by atoms with Gasteiger partial charge in [0.1, 0.15) is 11.6 Å². The van der Waals surface area contributed by atoms with Crippen molar-refractivity contribution < 1.29 is 14.0 Å². The Balaban J connectivity index is 1.38. The summed E-state index contributed by atoms with van der Waals surface area (Å²) in [7, 11) is 0. The number of nitrogens with zero attached hydrogens (tertiary/aromatic N) is 3. The Kier molecular flexibility index (Phi) is 6.90. The van der Waals surface area contributed by atoms with Crippen molar-refractivity contribution in [1.29, 1.82) is 0 Å². The zero-order valence-electron chi connectivity index (χ0n) is 17.9. The van der Waals surface area contributed by atoms with Gasteiger partial charge in [-0.15, -0.1) is 11.8 Å². The summed E-state index contributed by atoms with van der Waals surface area (Å²) in [5, 5.41) is 2.86. The highest BCUT2D eigenvalue weighted by Gasteiger charge is 2.19. The lowest BCUT2D eigenvalue weighted by atomic mass is 10.1. The average Bonchev–Trinajstić information content (AvgIpc) is 3.48. The average molecular weight is 453 g/mol. The highest BCUT2D eigenvalue weighted by molar-refractivity contribution is 8.00. The summed E-state index contributed by atoms with van der Waals surface area (Å²) in [5.74, 6) is 0.476. The number of halogens is 1. The zero-order valence-corrected chi connectivity index (χ0v) is 18.7. The molecule has 6 nitrogen and oxygen atoms in total. The first kappa shape index (κ1) is 22.1. The van der Waals surface area contributed by atoms with E-state index < -0.39 is 0 Å². The molecule has 1 aliphatic heterocycles. The van der Waals surface area contributed by atoms with E-state index in [4.69, 9.17) is 0 Å². The molecule has 0 saturated carbocycles. The van der Waals surface area contributed by atoms with Gasteiger partial charge in [0.05, 0.1) is 17.0 Å². The Labute approximate surface area is 190 Å². The number of hydrogen-bond acceptors (Lipinski definition) is 4. The van der Waals surface area contributed by atoms with Gasteiger partial charge in [-0.3, -0.25) is 9.59 Å². The summed E-state index contributed by atoms with van der Waals surface area (Å²) in [6.45, 7) is 3.64. The molecule has 4 rings (SSSR count). The van der Waals surface area contributed by atoms with Crippen LogP contribution >= 0.6 is 11.8 Å². The van der Waals surface area contributed by atoms with E-state index >= 15 is 0 Å². The topological polar surface area (TPSA) is 67.2 Å². The van der Waals surface area contributed by atoms with Gasteiger partial charge in [0.15, 0.2) is 0 Å². The van der Waals surface area contributed by atoms with Crippen molar-refractivity contribution in [2.75, 3.05) is 18.8 Å². The smallest absolute Gasteiger partial charge is 0.252 e. The molecule has 0 bridgehead atoms. The predicted octanol–water partition coefficient (Wildman–Crippen LogP) is 3.96. The minimum Gasteiger partial charge on any atom is -0.348 e. The number of aryl methyl sites for hydroxylation is 1. The number of carbonyl (C=O) groups is 2. The first-order chi connectivity index (χ1) is 15.5. The van der Waals surface area contributed by atoms with Gasteiger partial charge in [0, 0.05) is 36.9 Å². The van der Waals surface area contributed by atoms with E-state index in [0.717, 1.165) is 30.8 Å².